The van der Waals surface area contributed by atoms with Crippen LogP contribution in [0.3, 0.4) is 0 Å². The Morgan fingerprint density at radius 2 is 1.85 bits per heavy atom. The Bertz CT molecular complexity index is 745. The highest BCUT2D eigenvalue weighted by atomic mass is 16.5. The van der Waals surface area contributed by atoms with E-state index in [9.17, 15) is 4.79 Å². The second-order valence-corrected chi connectivity index (χ2v) is 6.46. The zero-order valence-electron chi connectivity index (χ0n) is 16.6. The predicted molar refractivity (Wildman–Crippen MR) is 108 cm³/mol. The summed E-state index contributed by atoms with van der Waals surface area (Å²) in [5.41, 5.74) is 1.64. The largest absolute Gasteiger partial charge is 0.497 e. The van der Waals surface area contributed by atoms with E-state index >= 15 is 0 Å². The normalized spacial score (nSPS) is 11.6. The molecule has 2 rings (SSSR count). The highest BCUT2D eigenvalue weighted by Crippen LogP contribution is 2.32. The maximum absolute atomic E-state index is 12.6. The zero-order chi connectivity index (χ0) is 19.6. The van der Waals surface area contributed by atoms with Crippen molar-refractivity contribution in [1.82, 2.24) is 0 Å². The minimum atomic E-state index is -0.0815. The Morgan fingerprint density at radius 1 is 1.07 bits per heavy atom. The van der Waals surface area contributed by atoms with E-state index in [1.165, 1.54) is 0 Å². The van der Waals surface area contributed by atoms with Gasteiger partial charge in [0.1, 0.15) is 17.2 Å². The molecule has 1 amide bonds. The second-order valence-electron chi connectivity index (χ2n) is 6.46. The van der Waals surface area contributed by atoms with Crippen molar-refractivity contribution in [3.8, 4) is 17.2 Å². The average molecular weight is 371 g/mol. The molecule has 1 N–H and O–H groups in total. The maximum Gasteiger partial charge on any atom is 0.225 e. The molecule has 0 bridgehead atoms. The molecular formula is C22H29NO4. The molecule has 0 spiro atoms. The lowest BCUT2D eigenvalue weighted by molar-refractivity contribution is -0.116. The number of carbonyl (C=O) groups excluding carboxylic acids is 1. The summed E-state index contributed by atoms with van der Waals surface area (Å²) in [6.45, 7) is 4.74. The molecule has 1 unspecified atom stereocenters. The van der Waals surface area contributed by atoms with E-state index in [0.29, 0.717) is 30.2 Å². The quantitative estimate of drug-likeness (QED) is 0.596. The van der Waals surface area contributed by atoms with E-state index in [4.69, 9.17) is 14.2 Å². The van der Waals surface area contributed by atoms with Crippen LogP contribution in [-0.4, -0.2) is 26.7 Å². The number of hydrogen-bond donors (Lipinski definition) is 1. The summed E-state index contributed by atoms with van der Waals surface area (Å²) < 4.78 is 16.5. The second kappa shape index (κ2) is 10.5. The van der Waals surface area contributed by atoms with Gasteiger partial charge in [0.25, 0.3) is 0 Å². The van der Waals surface area contributed by atoms with Gasteiger partial charge in [0.05, 0.1) is 26.5 Å². The summed E-state index contributed by atoms with van der Waals surface area (Å²) in [7, 11) is 3.24. The first-order valence-electron chi connectivity index (χ1n) is 9.32. The van der Waals surface area contributed by atoms with Crippen LogP contribution in [0.25, 0.3) is 0 Å². The Kier molecular flexibility index (Phi) is 7.99. The molecule has 0 radical (unpaired) electrons. The van der Waals surface area contributed by atoms with E-state index in [2.05, 4.69) is 12.2 Å². The third-order valence-corrected chi connectivity index (χ3v) is 4.38. The maximum atomic E-state index is 12.6. The fourth-order valence-electron chi connectivity index (χ4n) is 2.85. The number of benzene rings is 2. The van der Waals surface area contributed by atoms with Crippen molar-refractivity contribution in [2.24, 2.45) is 0 Å². The Labute approximate surface area is 161 Å². The number of carbonyl (C=O) groups is 1. The number of hydrogen-bond acceptors (Lipinski definition) is 4. The zero-order valence-corrected chi connectivity index (χ0v) is 16.6. The van der Waals surface area contributed by atoms with Gasteiger partial charge in [0.15, 0.2) is 0 Å². The summed E-state index contributed by atoms with van der Waals surface area (Å²) >= 11 is 0. The van der Waals surface area contributed by atoms with Crippen LogP contribution in [0.5, 0.6) is 17.2 Å². The van der Waals surface area contributed by atoms with Crippen molar-refractivity contribution >= 4 is 11.6 Å². The molecule has 0 saturated carbocycles. The summed E-state index contributed by atoms with van der Waals surface area (Å²) in [5.74, 6) is 2.06. The van der Waals surface area contributed by atoms with E-state index < -0.39 is 0 Å². The molecule has 0 aliphatic carbocycles. The van der Waals surface area contributed by atoms with Gasteiger partial charge in [-0.15, -0.1) is 0 Å². The third kappa shape index (κ3) is 5.91. The van der Waals surface area contributed by atoms with Gasteiger partial charge in [-0.3, -0.25) is 4.79 Å². The van der Waals surface area contributed by atoms with Crippen molar-refractivity contribution in [3.05, 3.63) is 48.0 Å². The monoisotopic (exact) mass is 371 g/mol. The Hall–Kier alpha value is -2.69. The van der Waals surface area contributed by atoms with Crippen LogP contribution >= 0.6 is 0 Å². The Balaban J connectivity index is 2.09. The van der Waals surface area contributed by atoms with Crippen molar-refractivity contribution in [2.45, 2.75) is 39.0 Å². The van der Waals surface area contributed by atoms with Crippen LogP contribution in [0.15, 0.2) is 42.5 Å². The number of ether oxygens (including phenoxy) is 3. The number of para-hydroxylation sites is 1. The summed E-state index contributed by atoms with van der Waals surface area (Å²) in [4.78, 5) is 12.6. The molecule has 5 nitrogen and oxygen atoms in total. The van der Waals surface area contributed by atoms with Crippen molar-refractivity contribution in [1.29, 1.82) is 0 Å². The minimum Gasteiger partial charge on any atom is -0.497 e. The SMILES string of the molecule is CCCCOc1ccc(OC)cc1NC(=O)CC(C)c1ccccc1OC. The molecule has 146 valence electrons. The minimum absolute atomic E-state index is 0.0243. The van der Waals surface area contributed by atoms with E-state index in [0.717, 1.165) is 24.2 Å². The summed E-state index contributed by atoms with van der Waals surface area (Å²) in [6.07, 6.45) is 2.35. The van der Waals surface area contributed by atoms with Gasteiger partial charge in [-0.05, 0) is 36.1 Å². The van der Waals surface area contributed by atoms with Gasteiger partial charge in [0, 0.05) is 12.5 Å². The van der Waals surface area contributed by atoms with Crippen LogP contribution in [0.2, 0.25) is 0 Å². The van der Waals surface area contributed by atoms with E-state index in [-0.39, 0.29) is 11.8 Å². The number of unbranched alkanes of at least 4 members (excludes halogenated alkanes) is 1. The number of methoxy groups -OCH3 is 2. The van der Waals surface area contributed by atoms with E-state index in [1.807, 2.05) is 43.3 Å². The highest BCUT2D eigenvalue weighted by molar-refractivity contribution is 5.93. The van der Waals surface area contributed by atoms with E-state index in [1.54, 1.807) is 20.3 Å². The van der Waals surface area contributed by atoms with Gasteiger partial charge in [-0.25, -0.2) is 0 Å². The third-order valence-electron chi connectivity index (χ3n) is 4.38. The molecule has 0 heterocycles. The molecule has 27 heavy (non-hydrogen) atoms. The van der Waals surface area contributed by atoms with Crippen LogP contribution < -0.4 is 19.5 Å². The fraction of sp³-hybridized carbons (Fsp3) is 0.409. The lowest BCUT2D eigenvalue weighted by Gasteiger charge is -2.17. The van der Waals surface area contributed by atoms with Gasteiger partial charge < -0.3 is 19.5 Å². The van der Waals surface area contributed by atoms with Gasteiger partial charge in [-0.2, -0.15) is 0 Å². The molecule has 2 aromatic carbocycles. The van der Waals surface area contributed by atoms with Crippen LogP contribution in [0.1, 0.15) is 44.6 Å². The van der Waals surface area contributed by atoms with Crippen LogP contribution in [-0.2, 0) is 4.79 Å². The smallest absolute Gasteiger partial charge is 0.225 e. The molecule has 1 atom stereocenters. The molecule has 0 aliphatic heterocycles. The first kappa shape index (κ1) is 20.6. The molecule has 0 fully saturated rings. The molecule has 5 heteroatoms. The molecule has 2 aromatic rings. The summed E-state index contributed by atoms with van der Waals surface area (Å²) in [6, 6.07) is 13.2. The molecular weight excluding hydrogens is 342 g/mol. The van der Waals surface area contributed by atoms with Crippen molar-refractivity contribution < 1.29 is 19.0 Å². The van der Waals surface area contributed by atoms with Crippen LogP contribution in [0, 0.1) is 0 Å². The first-order valence-corrected chi connectivity index (χ1v) is 9.32. The fourth-order valence-corrected chi connectivity index (χ4v) is 2.85. The number of anilines is 1. The lowest BCUT2D eigenvalue weighted by Crippen LogP contribution is -2.16. The van der Waals surface area contributed by atoms with Crippen LogP contribution in [0.4, 0.5) is 5.69 Å². The number of nitrogens with one attached hydrogen (secondary N) is 1. The van der Waals surface area contributed by atoms with Crippen molar-refractivity contribution in [2.75, 3.05) is 26.1 Å². The summed E-state index contributed by atoms with van der Waals surface area (Å²) in [5, 5.41) is 2.97. The van der Waals surface area contributed by atoms with Gasteiger partial charge in [0.2, 0.25) is 5.91 Å². The average Bonchev–Trinajstić information content (AvgIpc) is 2.68. The number of rotatable bonds is 10. The predicted octanol–water partition coefficient (Wildman–Crippen LogP) is 5.02. The first-order chi connectivity index (χ1) is 13.1. The van der Waals surface area contributed by atoms with Crippen molar-refractivity contribution in [3.63, 3.8) is 0 Å². The molecule has 0 aromatic heterocycles. The van der Waals surface area contributed by atoms with Gasteiger partial charge >= 0.3 is 0 Å². The Morgan fingerprint density at radius 3 is 2.56 bits per heavy atom. The lowest BCUT2D eigenvalue weighted by atomic mass is 9.96. The standard InChI is InChI=1S/C22H29NO4/c1-5-6-13-27-21-12-11-17(25-3)15-19(21)23-22(24)14-16(2)18-9-7-8-10-20(18)26-4/h7-12,15-16H,5-6,13-14H2,1-4H3,(H,23,24). The number of amides is 1. The topological polar surface area (TPSA) is 56.8 Å². The van der Waals surface area contributed by atoms with Gasteiger partial charge in [-0.1, -0.05) is 38.5 Å². The highest BCUT2D eigenvalue weighted by Gasteiger charge is 2.17. The molecule has 0 saturated heterocycles. The molecule has 0 aliphatic rings.